The van der Waals surface area contributed by atoms with Crippen molar-refractivity contribution in [1.82, 2.24) is 5.32 Å². The standard InChI is InChI=1S/C17H25NO3/c1-13-6-8-17(20,9-7-13)12-18-16(19)15-5-3-4-14(10-15)11-21-2/h3-5,10,13,20H,6-9,11-12H2,1-2H3,(H,18,19). The van der Waals surface area contributed by atoms with Gasteiger partial charge in [-0.2, -0.15) is 0 Å². The predicted octanol–water partition coefficient (Wildman–Crippen LogP) is 2.50. The summed E-state index contributed by atoms with van der Waals surface area (Å²) < 4.78 is 5.07. The van der Waals surface area contributed by atoms with Crippen molar-refractivity contribution < 1.29 is 14.6 Å². The van der Waals surface area contributed by atoms with E-state index in [4.69, 9.17) is 4.74 Å². The highest BCUT2D eigenvalue weighted by molar-refractivity contribution is 5.94. The lowest BCUT2D eigenvalue weighted by Crippen LogP contribution is -2.45. The van der Waals surface area contributed by atoms with Crippen molar-refractivity contribution >= 4 is 5.91 Å². The highest BCUT2D eigenvalue weighted by Crippen LogP contribution is 2.31. The maximum atomic E-state index is 12.2. The Labute approximate surface area is 126 Å². The molecular formula is C17H25NO3. The first-order valence-corrected chi connectivity index (χ1v) is 7.61. The van der Waals surface area contributed by atoms with Crippen molar-refractivity contribution in [2.75, 3.05) is 13.7 Å². The van der Waals surface area contributed by atoms with Gasteiger partial charge in [0, 0.05) is 19.2 Å². The lowest BCUT2D eigenvalue weighted by molar-refractivity contribution is -0.00540. The summed E-state index contributed by atoms with van der Waals surface area (Å²) in [6.45, 7) is 3.02. The Kier molecular flexibility index (Phi) is 5.37. The second-order valence-corrected chi connectivity index (χ2v) is 6.22. The number of carbonyl (C=O) groups excluding carboxylic acids is 1. The monoisotopic (exact) mass is 291 g/mol. The van der Waals surface area contributed by atoms with Crippen LogP contribution in [0.4, 0.5) is 0 Å². The van der Waals surface area contributed by atoms with Crippen LogP contribution in [-0.2, 0) is 11.3 Å². The molecule has 2 rings (SSSR count). The fraction of sp³-hybridized carbons (Fsp3) is 0.588. The molecule has 4 heteroatoms. The molecule has 0 bridgehead atoms. The Morgan fingerprint density at radius 1 is 1.43 bits per heavy atom. The molecule has 1 saturated carbocycles. The highest BCUT2D eigenvalue weighted by Gasteiger charge is 2.32. The van der Waals surface area contributed by atoms with Gasteiger partial charge in [-0.25, -0.2) is 0 Å². The number of nitrogens with one attached hydrogen (secondary N) is 1. The summed E-state index contributed by atoms with van der Waals surface area (Å²) in [6.07, 6.45) is 3.57. The molecule has 2 N–H and O–H groups in total. The largest absolute Gasteiger partial charge is 0.388 e. The van der Waals surface area contributed by atoms with E-state index in [2.05, 4.69) is 12.2 Å². The zero-order valence-corrected chi connectivity index (χ0v) is 12.9. The Hall–Kier alpha value is -1.39. The minimum absolute atomic E-state index is 0.139. The van der Waals surface area contributed by atoms with Gasteiger partial charge in [0.1, 0.15) is 0 Å². The van der Waals surface area contributed by atoms with Crippen molar-refractivity contribution in [2.45, 2.75) is 44.8 Å². The molecule has 1 fully saturated rings. The van der Waals surface area contributed by atoms with E-state index >= 15 is 0 Å². The maximum absolute atomic E-state index is 12.2. The molecule has 0 saturated heterocycles. The molecule has 0 aliphatic heterocycles. The molecule has 0 aromatic heterocycles. The van der Waals surface area contributed by atoms with E-state index in [1.165, 1.54) is 0 Å². The van der Waals surface area contributed by atoms with Crippen LogP contribution in [0.15, 0.2) is 24.3 Å². The van der Waals surface area contributed by atoms with Gasteiger partial charge in [0.2, 0.25) is 0 Å². The number of rotatable bonds is 5. The zero-order valence-electron chi connectivity index (χ0n) is 12.9. The van der Waals surface area contributed by atoms with Gasteiger partial charge in [0.15, 0.2) is 0 Å². The van der Waals surface area contributed by atoms with E-state index in [0.29, 0.717) is 24.6 Å². The first kappa shape index (κ1) is 16.0. The van der Waals surface area contributed by atoms with Crippen molar-refractivity contribution in [2.24, 2.45) is 5.92 Å². The summed E-state index contributed by atoms with van der Waals surface area (Å²) >= 11 is 0. The smallest absolute Gasteiger partial charge is 0.251 e. The Morgan fingerprint density at radius 3 is 2.81 bits per heavy atom. The number of amides is 1. The number of ether oxygens (including phenoxy) is 1. The molecular weight excluding hydrogens is 266 g/mol. The van der Waals surface area contributed by atoms with Crippen molar-refractivity contribution in [1.29, 1.82) is 0 Å². The summed E-state index contributed by atoms with van der Waals surface area (Å²) in [4.78, 5) is 12.2. The normalized spacial score (nSPS) is 25.6. The number of carbonyl (C=O) groups is 1. The van der Waals surface area contributed by atoms with Gasteiger partial charge < -0.3 is 15.2 Å². The van der Waals surface area contributed by atoms with Gasteiger partial charge in [-0.3, -0.25) is 4.79 Å². The molecule has 1 aromatic rings. The van der Waals surface area contributed by atoms with Crippen LogP contribution in [0.1, 0.15) is 48.5 Å². The fourth-order valence-corrected chi connectivity index (χ4v) is 2.79. The number of aliphatic hydroxyl groups is 1. The Balaban J connectivity index is 1.91. The number of benzene rings is 1. The second-order valence-electron chi connectivity index (χ2n) is 6.22. The third-order valence-electron chi connectivity index (χ3n) is 4.28. The molecule has 1 aliphatic carbocycles. The lowest BCUT2D eigenvalue weighted by Gasteiger charge is -2.34. The van der Waals surface area contributed by atoms with E-state index in [9.17, 15) is 9.90 Å². The van der Waals surface area contributed by atoms with Crippen LogP contribution in [0, 0.1) is 5.92 Å². The van der Waals surface area contributed by atoms with Crippen LogP contribution in [0.25, 0.3) is 0 Å². The molecule has 0 unspecified atom stereocenters. The summed E-state index contributed by atoms with van der Waals surface area (Å²) in [5.74, 6) is 0.534. The summed E-state index contributed by atoms with van der Waals surface area (Å²) in [5.41, 5.74) is 0.833. The molecule has 1 aliphatic rings. The topological polar surface area (TPSA) is 58.6 Å². The first-order valence-electron chi connectivity index (χ1n) is 7.61. The fourth-order valence-electron chi connectivity index (χ4n) is 2.79. The van der Waals surface area contributed by atoms with Crippen LogP contribution in [-0.4, -0.2) is 30.3 Å². The molecule has 116 valence electrons. The Bertz CT molecular complexity index is 479. The Morgan fingerprint density at radius 2 is 2.14 bits per heavy atom. The minimum Gasteiger partial charge on any atom is -0.388 e. The van der Waals surface area contributed by atoms with Crippen LogP contribution >= 0.6 is 0 Å². The molecule has 0 spiro atoms. The molecule has 0 atom stereocenters. The molecule has 1 amide bonds. The molecule has 21 heavy (non-hydrogen) atoms. The quantitative estimate of drug-likeness (QED) is 0.876. The second kappa shape index (κ2) is 7.05. The number of hydrogen-bond acceptors (Lipinski definition) is 3. The molecule has 4 nitrogen and oxygen atoms in total. The van der Waals surface area contributed by atoms with Gasteiger partial charge in [-0.15, -0.1) is 0 Å². The average Bonchev–Trinajstić information content (AvgIpc) is 2.49. The predicted molar refractivity (Wildman–Crippen MR) is 82.1 cm³/mol. The summed E-state index contributed by atoms with van der Waals surface area (Å²) in [6, 6.07) is 7.38. The van der Waals surface area contributed by atoms with E-state index < -0.39 is 5.60 Å². The van der Waals surface area contributed by atoms with Crippen LogP contribution in [0.2, 0.25) is 0 Å². The minimum atomic E-state index is -0.744. The third-order valence-corrected chi connectivity index (χ3v) is 4.28. The van der Waals surface area contributed by atoms with Crippen molar-refractivity contribution in [3.8, 4) is 0 Å². The van der Waals surface area contributed by atoms with Gasteiger partial charge in [-0.05, 0) is 49.3 Å². The average molecular weight is 291 g/mol. The lowest BCUT2D eigenvalue weighted by atomic mass is 9.79. The summed E-state index contributed by atoms with van der Waals surface area (Å²) in [5, 5.41) is 13.4. The van der Waals surface area contributed by atoms with Gasteiger partial charge >= 0.3 is 0 Å². The van der Waals surface area contributed by atoms with Crippen LogP contribution in [0.3, 0.4) is 0 Å². The van der Waals surface area contributed by atoms with E-state index in [1.807, 2.05) is 18.2 Å². The first-order chi connectivity index (χ1) is 10.0. The highest BCUT2D eigenvalue weighted by atomic mass is 16.5. The van der Waals surface area contributed by atoms with Crippen molar-refractivity contribution in [3.63, 3.8) is 0 Å². The van der Waals surface area contributed by atoms with Crippen LogP contribution in [0.5, 0.6) is 0 Å². The van der Waals surface area contributed by atoms with E-state index in [1.54, 1.807) is 13.2 Å². The molecule has 0 heterocycles. The molecule has 0 radical (unpaired) electrons. The number of methoxy groups -OCH3 is 1. The zero-order chi connectivity index (χ0) is 15.3. The van der Waals surface area contributed by atoms with Gasteiger partial charge in [0.05, 0.1) is 12.2 Å². The van der Waals surface area contributed by atoms with Gasteiger partial charge in [0.25, 0.3) is 5.91 Å². The number of hydrogen-bond donors (Lipinski definition) is 2. The van der Waals surface area contributed by atoms with Crippen molar-refractivity contribution in [3.05, 3.63) is 35.4 Å². The van der Waals surface area contributed by atoms with E-state index in [0.717, 1.165) is 31.2 Å². The maximum Gasteiger partial charge on any atom is 0.251 e. The van der Waals surface area contributed by atoms with Crippen LogP contribution < -0.4 is 5.32 Å². The SMILES string of the molecule is COCc1cccc(C(=O)NCC2(O)CCC(C)CC2)c1. The summed E-state index contributed by atoms with van der Waals surface area (Å²) in [7, 11) is 1.63. The third kappa shape index (κ3) is 4.55. The van der Waals surface area contributed by atoms with E-state index in [-0.39, 0.29) is 5.91 Å². The van der Waals surface area contributed by atoms with Gasteiger partial charge in [-0.1, -0.05) is 19.1 Å². The molecule has 1 aromatic carbocycles.